The number of rotatable bonds is 3. The molecule has 1 aromatic rings. The molecule has 0 bridgehead atoms. The highest BCUT2D eigenvalue weighted by molar-refractivity contribution is 14.1. The van der Waals surface area contributed by atoms with Gasteiger partial charge in [-0.3, -0.25) is 0 Å². The van der Waals surface area contributed by atoms with Gasteiger partial charge in [0.2, 0.25) is 0 Å². The maximum atomic E-state index is 4.85. The van der Waals surface area contributed by atoms with Crippen LogP contribution in [0.4, 0.5) is 0 Å². The second-order valence-electron chi connectivity index (χ2n) is 1.86. The minimum Gasteiger partial charge on any atom is -0.467 e. The zero-order valence-electron chi connectivity index (χ0n) is 6.74. The Labute approximate surface area is 83.7 Å². The van der Waals surface area contributed by atoms with E-state index in [0.29, 0.717) is 10.3 Å². The predicted molar refractivity (Wildman–Crippen MR) is 50.7 cm³/mol. The summed E-state index contributed by atoms with van der Waals surface area (Å²) in [6.07, 6.45) is 0. The van der Waals surface area contributed by atoms with Crippen molar-refractivity contribution in [2.24, 2.45) is 0 Å². The van der Waals surface area contributed by atoms with Gasteiger partial charge in [-0.2, -0.15) is 9.97 Å². The summed E-state index contributed by atoms with van der Waals surface area (Å²) in [5.41, 5.74) is 0. The number of nitrogens with zero attached hydrogens (tertiary/aromatic N) is 3. The van der Waals surface area contributed by atoms with E-state index in [1.807, 2.05) is 0 Å². The molecule has 0 aliphatic heterocycles. The normalized spacial score (nSPS) is 9.58. The molecular formula is C6H8IN3O2. The van der Waals surface area contributed by atoms with Gasteiger partial charge in [-0.1, -0.05) is 22.6 Å². The second kappa shape index (κ2) is 4.39. The molecule has 1 heterocycles. The van der Waals surface area contributed by atoms with Crippen LogP contribution in [0.5, 0.6) is 12.0 Å². The molecule has 5 nitrogen and oxygen atoms in total. The fourth-order valence-electron chi connectivity index (χ4n) is 0.620. The fraction of sp³-hybridized carbons (Fsp3) is 0.500. The van der Waals surface area contributed by atoms with E-state index in [0.717, 1.165) is 0 Å². The number of halogens is 1. The summed E-state index contributed by atoms with van der Waals surface area (Å²) in [5.74, 6) is 0.652. The SMILES string of the molecule is COc1nc(CI)nc(OC)n1. The van der Waals surface area contributed by atoms with E-state index in [1.165, 1.54) is 14.2 Å². The first kappa shape index (κ1) is 9.43. The molecule has 0 saturated carbocycles. The second-order valence-corrected chi connectivity index (χ2v) is 2.62. The number of methoxy groups -OCH3 is 2. The first-order valence-corrected chi connectivity index (χ1v) is 4.71. The minimum atomic E-state index is 0.286. The van der Waals surface area contributed by atoms with Crippen molar-refractivity contribution in [2.75, 3.05) is 14.2 Å². The van der Waals surface area contributed by atoms with Crippen molar-refractivity contribution in [1.29, 1.82) is 0 Å². The smallest absolute Gasteiger partial charge is 0.322 e. The molecule has 1 aromatic heterocycles. The Morgan fingerprint density at radius 2 is 1.58 bits per heavy atom. The van der Waals surface area contributed by atoms with Crippen LogP contribution in [-0.4, -0.2) is 29.2 Å². The van der Waals surface area contributed by atoms with Gasteiger partial charge in [0.05, 0.1) is 18.6 Å². The van der Waals surface area contributed by atoms with E-state index in [4.69, 9.17) is 9.47 Å². The van der Waals surface area contributed by atoms with Crippen molar-refractivity contribution in [3.05, 3.63) is 5.82 Å². The summed E-state index contributed by atoms with van der Waals surface area (Å²) in [4.78, 5) is 11.8. The number of hydrogen-bond donors (Lipinski definition) is 0. The van der Waals surface area contributed by atoms with Gasteiger partial charge in [0.25, 0.3) is 0 Å². The molecule has 0 unspecified atom stereocenters. The van der Waals surface area contributed by atoms with Crippen molar-refractivity contribution >= 4 is 22.6 Å². The third-order valence-corrected chi connectivity index (χ3v) is 1.81. The van der Waals surface area contributed by atoms with Crippen molar-refractivity contribution in [2.45, 2.75) is 4.43 Å². The molecular weight excluding hydrogens is 273 g/mol. The van der Waals surface area contributed by atoms with Gasteiger partial charge in [0.1, 0.15) is 5.82 Å². The lowest BCUT2D eigenvalue weighted by Crippen LogP contribution is -2.01. The predicted octanol–water partition coefficient (Wildman–Crippen LogP) is 0.824. The minimum absolute atomic E-state index is 0.286. The fourth-order valence-corrected chi connectivity index (χ4v) is 0.961. The van der Waals surface area contributed by atoms with Gasteiger partial charge >= 0.3 is 12.0 Å². The summed E-state index contributed by atoms with van der Waals surface area (Å²) in [6, 6.07) is 0.571. The van der Waals surface area contributed by atoms with E-state index in [-0.39, 0.29) is 12.0 Å². The molecule has 0 amide bonds. The number of aromatic nitrogens is 3. The van der Waals surface area contributed by atoms with Crippen molar-refractivity contribution < 1.29 is 9.47 Å². The average Bonchev–Trinajstić information content (AvgIpc) is 2.16. The van der Waals surface area contributed by atoms with Crippen LogP contribution in [0.3, 0.4) is 0 Å². The standard InChI is InChI=1S/C6H8IN3O2/c1-11-5-8-4(3-7)9-6(10-5)12-2/h3H2,1-2H3. The number of hydrogen-bond acceptors (Lipinski definition) is 5. The lowest BCUT2D eigenvalue weighted by molar-refractivity contribution is 0.337. The summed E-state index contributed by atoms with van der Waals surface area (Å²) in [5, 5.41) is 0. The average molecular weight is 281 g/mol. The van der Waals surface area contributed by atoms with Crippen LogP contribution in [-0.2, 0) is 4.43 Å². The molecule has 0 aliphatic carbocycles. The van der Waals surface area contributed by atoms with Crippen LogP contribution in [0.2, 0.25) is 0 Å². The molecule has 0 radical (unpaired) electrons. The van der Waals surface area contributed by atoms with Gasteiger partial charge in [-0.15, -0.1) is 4.98 Å². The van der Waals surface area contributed by atoms with E-state index in [1.54, 1.807) is 0 Å². The number of alkyl halides is 1. The Hall–Kier alpha value is -0.660. The molecule has 0 aromatic carbocycles. The van der Waals surface area contributed by atoms with Crippen LogP contribution in [0.15, 0.2) is 0 Å². The quantitative estimate of drug-likeness (QED) is 0.606. The number of ether oxygens (including phenoxy) is 2. The summed E-state index contributed by atoms with van der Waals surface area (Å²) >= 11 is 2.16. The zero-order valence-corrected chi connectivity index (χ0v) is 8.90. The molecule has 0 aliphatic rings. The molecule has 0 saturated heterocycles. The highest BCUT2D eigenvalue weighted by atomic mass is 127. The lowest BCUT2D eigenvalue weighted by atomic mass is 10.7. The highest BCUT2D eigenvalue weighted by Crippen LogP contribution is 2.10. The van der Waals surface area contributed by atoms with Crippen molar-refractivity contribution in [3.8, 4) is 12.0 Å². The Kier molecular flexibility index (Phi) is 3.45. The van der Waals surface area contributed by atoms with Crippen molar-refractivity contribution in [3.63, 3.8) is 0 Å². The summed E-state index contributed by atoms with van der Waals surface area (Å²) < 4.78 is 10.4. The monoisotopic (exact) mass is 281 g/mol. The third kappa shape index (κ3) is 2.16. The van der Waals surface area contributed by atoms with Crippen LogP contribution in [0, 0.1) is 0 Å². The van der Waals surface area contributed by atoms with E-state index < -0.39 is 0 Å². The van der Waals surface area contributed by atoms with Crippen LogP contribution >= 0.6 is 22.6 Å². The Bertz CT molecular complexity index is 214. The Morgan fingerprint density at radius 1 is 1.08 bits per heavy atom. The first-order chi connectivity index (χ1) is 5.80. The first-order valence-electron chi connectivity index (χ1n) is 3.19. The Morgan fingerprint density at radius 3 is 1.92 bits per heavy atom. The molecule has 0 spiro atoms. The largest absolute Gasteiger partial charge is 0.467 e. The zero-order chi connectivity index (χ0) is 8.97. The molecule has 12 heavy (non-hydrogen) atoms. The molecule has 0 atom stereocenters. The summed E-state index contributed by atoms with van der Waals surface area (Å²) in [6.45, 7) is 0. The lowest BCUT2D eigenvalue weighted by Gasteiger charge is -2.01. The van der Waals surface area contributed by atoms with Gasteiger partial charge in [0, 0.05) is 0 Å². The molecule has 66 valence electrons. The molecule has 0 N–H and O–H groups in total. The van der Waals surface area contributed by atoms with Gasteiger partial charge in [-0.25, -0.2) is 0 Å². The van der Waals surface area contributed by atoms with Gasteiger partial charge in [0.15, 0.2) is 0 Å². The van der Waals surface area contributed by atoms with E-state index >= 15 is 0 Å². The molecule has 6 heteroatoms. The van der Waals surface area contributed by atoms with Crippen LogP contribution < -0.4 is 9.47 Å². The Balaban J connectivity index is 3.01. The van der Waals surface area contributed by atoms with E-state index in [9.17, 15) is 0 Å². The molecule has 0 fully saturated rings. The van der Waals surface area contributed by atoms with Crippen molar-refractivity contribution in [1.82, 2.24) is 15.0 Å². The topological polar surface area (TPSA) is 57.1 Å². The third-order valence-electron chi connectivity index (χ3n) is 1.13. The maximum Gasteiger partial charge on any atom is 0.322 e. The maximum absolute atomic E-state index is 4.85. The summed E-state index contributed by atoms with van der Waals surface area (Å²) in [7, 11) is 3.01. The van der Waals surface area contributed by atoms with E-state index in [2.05, 4.69) is 37.5 Å². The van der Waals surface area contributed by atoms with Gasteiger partial charge in [-0.05, 0) is 0 Å². The van der Waals surface area contributed by atoms with Gasteiger partial charge < -0.3 is 9.47 Å². The molecule has 1 rings (SSSR count). The van der Waals surface area contributed by atoms with Crippen LogP contribution in [0.25, 0.3) is 0 Å². The highest BCUT2D eigenvalue weighted by Gasteiger charge is 2.04. The van der Waals surface area contributed by atoms with Crippen LogP contribution in [0.1, 0.15) is 5.82 Å².